The number of hydrogen-bond donors (Lipinski definition) is 1. The van der Waals surface area contributed by atoms with E-state index in [-0.39, 0.29) is 17.5 Å². The Hall–Kier alpha value is -0.505. The zero-order valence-electron chi connectivity index (χ0n) is 24.7. The van der Waals surface area contributed by atoms with E-state index in [4.69, 9.17) is 12.6 Å². The van der Waals surface area contributed by atoms with E-state index in [0.29, 0.717) is 29.6 Å². The van der Waals surface area contributed by atoms with E-state index in [1.807, 2.05) is 20.8 Å². The molecule has 36 heavy (non-hydrogen) atoms. The predicted octanol–water partition coefficient (Wildman–Crippen LogP) is 7.75. The molecule has 0 aliphatic heterocycles. The molecule has 0 amide bonds. The van der Waals surface area contributed by atoms with Crippen molar-refractivity contribution in [3.05, 3.63) is 0 Å². The number of hydrogen-bond acceptors (Lipinski definition) is 3. The molecule has 3 unspecified atom stereocenters. The number of carbonyl (C=O) groups is 1. The van der Waals surface area contributed by atoms with Gasteiger partial charge >= 0.3 is 5.97 Å². The van der Waals surface area contributed by atoms with Crippen LogP contribution < -0.4 is 0 Å². The van der Waals surface area contributed by atoms with Gasteiger partial charge < -0.3 is 9.84 Å². The van der Waals surface area contributed by atoms with Crippen molar-refractivity contribution in [1.29, 1.82) is 0 Å². The van der Waals surface area contributed by atoms with E-state index >= 15 is 0 Å². The lowest BCUT2D eigenvalue weighted by Crippen LogP contribution is -2.61. The molecule has 10 atom stereocenters. The molecule has 0 aromatic heterocycles. The Balaban J connectivity index is 1.49. The minimum Gasteiger partial charge on any atom is -0.462 e. The van der Waals surface area contributed by atoms with E-state index < -0.39 is 16.8 Å². The molecule has 1 N–H and O–H groups in total. The van der Waals surface area contributed by atoms with E-state index in [1.165, 1.54) is 44.9 Å². The standard InChI is InChI=1S/C32H55BO3/c1-20(2)10-9-11-21(3)24-12-13-25-23-18-27(34)32(33)19-22(36-28(35)29(4,5)6)14-17-31(32,8)26(23)15-16-30(24,25)7/h20-27,34H,9-19H2,1-8H3/t21-,22+,23?,24-,25?,26?,27-,30-,31-,32+/m1/s1. The predicted molar refractivity (Wildman–Crippen MR) is 149 cm³/mol. The molecule has 3 nitrogen and oxygen atoms in total. The summed E-state index contributed by atoms with van der Waals surface area (Å²) < 4.78 is 5.94. The Morgan fingerprint density at radius 1 is 1.03 bits per heavy atom. The Morgan fingerprint density at radius 3 is 2.36 bits per heavy atom. The molecule has 4 rings (SSSR count). The average molecular weight is 499 g/mol. The van der Waals surface area contributed by atoms with Crippen LogP contribution in [0.2, 0.25) is 5.31 Å². The second-order valence-corrected chi connectivity index (χ2v) is 15.6. The molecule has 0 heterocycles. The quantitative estimate of drug-likeness (QED) is 0.301. The van der Waals surface area contributed by atoms with Crippen molar-refractivity contribution >= 4 is 13.8 Å². The van der Waals surface area contributed by atoms with Crippen molar-refractivity contribution in [2.45, 2.75) is 144 Å². The number of aliphatic hydroxyl groups excluding tert-OH is 1. The van der Waals surface area contributed by atoms with Gasteiger partial charge in [0, 0.05) is 0 Å². The Morgan fingerprint density at radius 2 is 1.72 bits per heavy atom. The summed E-state index contributed by atoms with van der Waals surface area (Å²) in [6.45, 7) is 17.9. The second-order valence-electron chi connectivity index (χ2n) is 15.6. The fraction of sp³-hybridized carbons (Fsp3) is 0.969. The maximum Gasteiger partial charge on any atom is 0.311 e. The van der Waals surface area contributed by atoms with Gasteiger partial charge in [-0.3, -0.25) is 4.79 Å². The first-order valence-electron chi connectivity index (χ1n) is 15.3. The van der Waals surface area contributed by atoms with Crippen LogP contribution in [0.3, 0.4) is 0 Å². The first kappa shape index (κ1) is 28.5. The molecule has 4 heteroatoms. The molecule has 4 fully saturated rings. The van der Waals surface area contributed by atoms with Gasteiger partial charge in [-0.05, 0) is 124 Å². The van der Waals surface area contributed by atoms with E-state index in [1.54, 1.807) is 0 Å². The Kier molecular flexibility index (Phi) is 7.84. The highest BCUT2D eigenvalue weighted by Crippen LogP contribution is 2.73. The molecule has 0 spiro atoms. The largest absolute Gasteiger partial charge is 0.462 e. The number of carbonyl (C=O) groups excluding carboxylic acids is 1. The van der Waals surface area contributed by atoms with Crippen LogP contribution in [-0.2, 0) is 9.53 Å². The van der Waals surface area contributed by atoms with Crippen molar-refractivity contribution in [3.8, 4) is 0 Å². The van der Waals surface area contributed by atoms with Crippen LogP contribution in [0.15, 0.2) is 0 Å². The lowest BCUT2D eigenvalue weighted by molar-refractivity contribution is -0.181. The zero-order valence-corrected chi connectivity index (χ0v) is 24.7. The highest BCUT2D eigenvalue weighted by atomic mass is 16.5. The topological polar surface area (TPSA) is 46.5 Å². The number of rotatable bonds is 6. The molecule has 0 aromatic rings. The van der Waals surface area contributed by atoms with E-state index in [0.717, 1.165) is 37.0 Å². The lowest BCUT2D eigenvalue weighted by atomic mass is 9.34. The number of esters is 1. The van der Waals surface area contributed by atoms with Gasteiger partial charge in [0.15, 0.2) is 0 Å². The molecule has 4 aliphatic rings. The molecule has 0 saturated heterocycles. The van der Waals surface area contributed by atoms with Crippen molar-refractivity contribution in [2.75, 3.05) is 0 Å². The highest BCUT2D eigenvalue weighted by Gasteiger charge is 2.66. The SMILES string of the molecule is [B][C@]12C[C@@H](OC(=O)C(C)(C)C)CC[C@]1(C)C1CC[C@@]3(C)C(CC[C@@H]3[C@H](C)CCCC(C)C)C1C[C@H]2O. The lowest BCUT2D eigenvalue weighted by Gasteiger charge is -2.67. The molecule has 204 valence electrons. The molecular formula is C32H55BO3. The summed E-state index contributed by atoms with van der Waals surface area (Å²) in [6, 6.07) is 0. The summed E-state index contributed by atoms with van der Waals surface area (Å²) in [5.74, 6) is 4.10. The normalized spacial score (nSPS) is 45.5. The summed E-state index contributed by atoms with van der Waals surface area (Å²) in [5, 5.41) is 11.0. The maximum atomic E-state index is 12.6. The second kappa shape index (κ2) is 9.91. The fourth-order valence-electron chi connectivity index (χ4n) is 9.78. The summed E-state index contributed by atoms with van der Waals surface area (Å²) in [4.78, 5) is 12.6. The molecule has 0 aromatic carbocycles. The third-order valence-electron chi connectivity index (χ3n) is 12.0. The zero-order chi connectivity index (χ0) is 26.7. The van der Waals surface area contributed by atoms with E-state index in [9.17, 15) is 9.90 Å². The van der Waals surface area contributed by atoms with Gasteiger partial charge in [0.25, 0.3) is 0 Å². The molecule has 4 aliphatic carbocycles. The first-order chi connectivity index (χ1) is 16.6. The van der Waals surface area contributed by atoms with Crippen LogP contribution >= 0.6 is 0 Å². The third kappa shape index (κ3) is 4.73. The molecule has 2 radical (unpaired) electrons. The number of fused-ring (bicyclic) bond motifs is 5. The Bertz CT molecular complexity index is 804. The fourth-order valence-corrected chi connectivity index (χ4v) is 9.78. The summed E-state index contributed by atoms with van der Waals surface area (Å²) in [5.41, 5.74) is -0.206. The van der Waals surface area contributed by atoms with Crippen molar-refractivity contribution in [3.63, 3.8) is 0 Å². The van der Waals surface area contributed by atoms with Gasteiger partial charge in [-0.2, -0.15) is 0 Å². The van der Waals surface area contributed by atoms with Crippen LogP contribution in [0, 0.1) is 51.8 Å². The molecule has 4 saturated carbocycles. The minimum atomic E-state index is -0.675. The van der Waals surface area contributed by atoms with Crippen LogP contribution in [0.4, 0.5) is 0 Å². The van der Waals surface area contributed by atoms with E-state index in [2.05, 4.69) is 34.6 Å². The Labute approximate surface area is 223 Å². The van der Waals surface area contributed by atoms with Gasteiger partial charge in [-0.15, -0.1) is 0 Å². The van der Waals surface area contributed by atoms with Crippen LogP contribution in [0.1, 0.15) is 126 Å². The number of aliphatic hydroxyl groups is 1. The van der Waals surface area contributed by atoms with Crippen LogP contribution in [-0.4, -0.2) is 31.1 Å². The average Bonchev–Trinajstić information content (AvgIpc) is 3.12. The van der Waals surface area contributed by atoms with Crippen molar-refractivity contribution in [2.24, 2.45) is 51.8 Å². The number of ether oxygens (including phenoxy) is 1. The van der Waals surface area contributed by atoms with Gasteiger partial charge in [0.1, 0.15) is 6.10 Å². The van der Waals surface area contributed by atoms with Gasteiger partial charge in [-0.1, -0.05) is 53.9 Å². The van der Waals surface area contributed by atoms with Gasteiger partial charge in [0.05, 0.1) is 19.4 Å². The summed E-state index contributed by atoms with van der Waals surface area (Å²) in [6.07, 6.45) is 11.8. The van der Waals surface area contributed by atoms with Crippen molar-refractivity contribution < 1.29 is 14.6 Å². The maximum absolute atomic E-state index is 12.6. The summed E-state index contributed by atoms with van der Waals surface area (Å²) >= 11 is 0. The molecular weight excluding hydrogens is 443 g/mol. The van der Waals surface area contributed by atoms with Gasteiger partial charge in [0.2, 0.25) is 0 Å². The minimum absolute atomic E-state index is 0.0950. The molecule has 0 bridgehead atoms. The van der Waals surface area contributed by atoms with Crippen molar-refractivity contribution in [1.82, 2.24) is 0 Å². The van der Waals surface area contributed by atoms with Crippen LogP contribution in [0.25, 0.3) is 0 Å². The smallest absolute Gasteiger partial charge is 0.311 e. The monoisotopic (exact) mass is 498 g/mol. The highest BCUT2D eigenvalue weighted by molar-refractivity contribution is 6.16. The summed E-state index contributed by atoms with van der Waals surface area (Å²) in [7, 11) is 7.21. The van der Waals surface area contributed by atoms with Gasteiger partial charge in [-0.25, -0.2) is 0 Å². The first-order valence-corrected chi connectivity index (χ1v) is 15.3. The van der Waals surface area contributed by atoms with Crippen LogP contribution in [0.5, 0.6) is 0 Å². The third-order valence-corrected chi connectivity index (χ3v) is 12.0.